The molecule has 0 aromatic carbocycles. The molecule has 1 fully saturated rings. The Morgan fingerprint density at radius 1 is 1.59 bits per heavy atom. The number of nitrogens with one attached hydrogen (secondary N) is 2. The Balaban J connectivity index is 2.05. The summed E-state index contributed by atoms with van der Waals surface area (Å²) in [5.74, 6) is -0.573. The lowest BCUT2D eigenvalue weighted by Crippen LogP contribution is -2.35. The number of nitrogens with zero attached hydrogens (tertiary/aromatic N) is 1. The number of amides is 2. The van der Waals surface area contributed by atoms with Crippen LogP contribution in [0.1, 0.15) is 23.3 Å². The molecule has 0 aliphatic carbocycles. The van der Waals surface area contributed by atoms with Gasteiger partial charge in [-0.1, -0.05) is 0 Å². The van der Waals surface area contributed by atoms with E-state index in [-0.39, 0.29) is 11.9 Å². The molecule has 2 heterocycles. The molecule has 1 aliphatic heterocycles. The van der Waals surface area contributed by atoms with E-state index in [4.69, 9.17) is 5.73 Å². The van der Waals surface area contributed by atoms with Crippen molar-refractivity contribution in [1.82, 2.24) is 9.88 Å². The van der Waals surface area contributed by atoms with Gasteiger partial charge in [-0.25, -0.2) is 0 Å². The van der Waals surface area contributed by atoms with Gasteiger partial charge >= 0.3 is 0 Å². The van der Waals surface area contributed by atoms with Gasteiger partial charge in [0.25, 0.3) is 5.91 Å². The number of carbonyl (C=O) groups excluding carboxylic acids is 2. The van der Waals surface area contributed by atoms with Gasteiger partial charge in [0.2, 0.25) is 5.91 Å². The number of nitrogens with two attached hydrogens (primary N) is 1. The van der Waals surface area contributed by atoms with Crippen molar-refractivity contribution in [3.8, 4) is 0 Å². The predicted molar refractivity (Wildman–Crippen MR) is 63.6 cm³/mol. The lowest BCUT2D eigenvalue weighted by atomic mass is 10.2. The van der Waals surface area contributed by atoms with Gasteiger partial charge in [-0.2, -0.15) is 0 Å². The van der Waals surface area contributed by atoms with Crippen molar-refractivity contribution >= 4 is 17.5 Å². The zero-order chi connectivity index (χ0) is 12.4. The monoisotopic (exact) mass is 236 g/mol. The smallest absolute Gasteiger partial charge is 0.265 e. The molecule has 0 bridgehead atoms. The second-order valence-electron chi connectivity index (χ2n) is 4.23. The van der Waals surface area contributed by atoms with E-state index in [1.807, 2.05) is 0 Å². The fourth-order valence-corrected chi connectivity index (χ4v) is 2.02. The second-order valence-corrected chi connectivity index (χ2v) is 4.23. The third kappa shape index (κ3) is 2.47. The van der Waals surface area contributed by atoms with Gasteiger partial charge in [0.1, 0.15) is 5.69 Å². The zero-order valence-corrected chi connectivity index (χ0v) is 9.69. The van der Waals surface area contributed by atoms with Crippen LogP contribution in [0.4, 0.5) is 5.69 Å². The average molecular weight is 236 g/mol. The minimum absolute atomic E-state index is 0.0656. The summed E-state index contributed by atoms with van der Waals surface area (Å²) in [7, 11) is 1.71. The van der Waals surface area contributed by atoms with Gasteiger partial charge in [0, 0.05) is 13.2 Å². The van der Waals surface area contributed by atoms with Crippen molar-refractivity contribution in [2.45, 2.75) is 18.9 Å². The fraction of sp³-hybridized carbons (Fsp3) is 0.455. The van der Waals surface area contributed by atoms with E-state index in [0.717, 1.165) is 19.4 Å². The van der Waals surface area contributed by atoms with Crippen LogP contribution in [0.5, 0.6) is 0 Å². The molecule has 1 aliphatic rings. The van der Waals surface area contributed by atoms with Crippen molar-refractivity contribution < 1.29 is 9.59 Å². The standard InChI is InChI=1S/C11H16N4O2/c1-15-6-7(5-9(15)10(12)16)14-11(17)8-3-2-4-13-8/h5-6,8,13H,2-4H2,1H3,(H2,12,16)(H,14,17). The van der Waals surface area contributed by atoms with Crippen molar-refractivity contribution in [2.24, 2.45) is 12.8 Å². The van der Waals surface area contributed by atoms with Crippen LogP contribution in [-0.2, 0) is 11.8 Å². The summed E-state index contributed by atoms with van der Waals surface area (Å²) >= 11 is 0. The van der Waals surface area contributed by atoms with Crippen LogP contribution in [0.3, 0.4) is 0 Å². The third-order valence-corrected chi connectivity index (χ3v) is 2.90. The number of aromatic nitrogens is 1. The number of hydrogen-bond acceptors (Lipinski definition) is 3. The number of hydrogen-bond donors (Lipinski definition) is 3. The molecule has 1 atom stereocenters. The Morgan fingerprint density at radius 3 is 2.88 bits per heavy atom. The highest BCUT2D eigenvalue weighted by molar-refractivity contribution is 5.97. The maximum Gasteiger partial charge on any atom is 0.265 e. The Bertz CT molecular complexity index is 446. The molecule has 2 rings (SSSR count). The number of primary amides is 1. The summed E-state index contributed by atoms with van der Waals surface area (Å²) in [6, 6.07) is 1.45. The highest BCUT2D eigenvalue weighted by Crippen LogP contribution is 2.14. The van der Waals surface area contributed by atoms with Gasteiger partial charge in [-0.3, -0.25) is 9.59 Å². The summed E-state index contributed by atoms with van der Waals surface area (Å²) < 4.78 is 1.60. The van der Waals surface area contributed by atoms with E-state index in [2.05, 4.69) is 10.6 Å². The molecule has 6 heteroatoms. The van der Waals surface area contributed by atoms with E-state index in [1.54, 1.807) is 23.9 Å². The zero-order valence-electron chi connectivity index (χ0n) is 9.69. The Labute approximate surface area is 99.2 Å². The highest BCUT2D eigenvalue weighted by atomic mass is 16.2. The molecule has 0 spiro atoms. The minimum atomic E-state index is -0.507. The molecule has 0 saturated carbocycles. The summed E-state index contributed by atoms with van der Waals surface area (Å²) in [6.07, 6.45) is 3.54. The Hall–Kier alpha value is -1.82. The summed E-state index contributed by atoms with van der Waals surface area (Å²) in [6.45, 7) is 0.874. The molecular weight excluding hydrogens is 220 g/mol. The first kappa shape index (κ1) is 11.7. The van der Waals surface area contributed by atoms with Crippen molar-refractivity contribution in [3.05, 3.63) is 18.0 Å². The van der Waals surface area contributed by atoms with Crippen LogP contribution < -0.4 is 16.4 Å². The molecule has 1 aromatic rings. The quantitative estimate of drug-likeness (QED) is 0.679. The molecule has 1 saturated heterocycles. The SMILES string of the molecule is Cn1cc(NC(=O)C2CCCN2)cc1C(N)=O. The minimum Gasteiger partial charge on any atom is -0.364 e. The lowest BCUT2D eigenvalue weighted by Gasteiger charge is -2.09. The lowest BCUT2D eigenvalue weighted by molar-refractivity contribution is -0.117. The van der Waals surface area contributed by atoms with Crippen molar-refractivity contribution in [3.63, 3.8) is 0 Å². The molecule has 1 unspecified atom stereocenters. The molecule has 92 valence electrons. The first-order valence-corrected chi connectivity index (χ1v) is 5.58. The predicted octanol–water partition coefficient (Wildman–Crippen LogP) is -0.185. The number of rotatable bonds is 3. The maximum atomic E-state index is 11.8. The van der Waals surface area contributed by atoms with E-state index >= 15 is 0 Å². The van der Waals surface area contributed by atoms with Crippen LogP contribution in [0.25, 0.3) is 0 Å². The number of carbonyl (C=O) groups is 2. The van der Waals surface area contributed by atoms with Gasteiger partial charge in [-0.05, 0) is 25.5 Å². The van der Waals surface area contributed by atoms with E-state index in [9.17, 15) is 9.59 Å². The summed E-state index contributed by atoms with van der Waals surface area (Å²) in [4.78, 5) is 22.9. The number of aryl methyl sites for hydroxylation is 1. The first-order chi connectivity index (χ1) is 8.08. The molecular formula is C11H16N4O2. The van der Waals surface area contributed by atoms with Crippen LogP contribution in [0.2, 0.25) is 0 Å². The highest BCUT2D eigenvalue weighted by Gasteiger charge is 2.22. The van der Waals surface area contributed by atoms with Crippen molar-refractivity contribution in [1.29, 1.82) is 0 Å². The summed E-state index contributed by atoms with van der Waals surface area (Å²) in [5, 5.41) is 5.88. The van der Waals surface area contributed by atoms with Gasteiger partial charge in [0.05, 0.1) is 11.7 Å². The molecule has 4 N–H and O–H groups in total. The van der Waals surface area contributed by atoms with Crippen LogP contribution in [0, 0.1) is 0 Å². The Kier molecular flexibility index (Phi) is 3.14. The first-order valence-electron chi connectivity index (χ1n) is 5.58. The molecule has 6 nitrogen and oxygen atoms in total. The largest absolute Gasteiger partial charge is 0.364 e. The van der Waals surface area contributed by atoms with Crippen LogP contribution in [-0.4, -0.2) is 29.0 Å². The van der Waals surface area contributed by atoms with E-state index in [0.29, 0.717) is 11.4 Å². The fourth-order valence-electron chi connectivity index (χ4n) is 2.02. The van der Waals surface area contributed by atoms with Crippen LogP contribution >= 0.6 is 0 Å². The van der Waals surface area contributed by atoms with E-state index < -0.39 is 5.91 Å². The van der Waals surface area contributed by atoms with Gasteiger partial charge in [-0.15, -0.1) is 0 Å². The molecule has 17 heavy (non-hydrogen) atoms. The molecule has 1 aromatic heterocycles. The van der Waals surface area contributed by atoms with Crippen molar-refractivity contribution in [2.75, 3.05) is 11.9 Å². The Morgan fingerprint density at radius 2 is 2.35 bits per heavy atom. The third-order valence-electron chi connectivity index (χ3n) is 2.90. The maximum absolute atomic E-state index is 11.8. The van der Waals surface area contributed by atoms with Gasteiger partial charge < -0.3 is 20.9 Å². The normalized spacial score (nSPS) is 19.2. The number of anilines is 1. The average Bonchev–Trinajstić information content (AvgIpc) is 2.86. The van der Waals surface area contributed by atoms with Crippen LogP contribution in [0.15, 0.2) is 12.3 Å². The topological polar surface area (TPSA) is 89.2 Å². The van der Waals surface area contributed by atoms with E-state index in [1.165, 1.54) is 0 Å². The summed E-state index contributed by atoms with van der Waals surface area (Å²) in [5.41, 5.74) is 6.17. The molecule has 2 amide bonds. The van der Waals surface area contributed by atoms with Gasteiger partial charge in [0.15, 0.2) is 0 Å². The molecule has 0 radical (unpaired) electrons. The second kappa shape index (κ2) is 4.58.